The van der Waals surface area contributed by atoms with E-state index in [9.17, 15) is 8.42 Å². The monoisotopic (exact) mass is 380 g/mol. The fourth-order valence-electron chi connectivity index (χ4n) is 3.02. The highest BCUT2D eigenvalue weighted by Crippen LogP contribution is 2.31. The molecular weight excluding hydrogens is 344 g/mol. The van der Waals surface area contributed by atoms with Crippen LogP contribution in [0, 0.1) is 12.8 Å². The number of rotatable bonds is 11. The van der Waals surface area contributed by atoms with Crippen LogP contribution < -0.4 is 4.74 Å². The zero-order chi connectivity index (χ0) is 19.2. The lowest BCUT2D eigenvalue weighted by molar-refractivity contribution is 0.297. The van der Waals surface area contributed by atoms with Crippen molar-refractivity contribution in [1.82, 2.24) is 0 Å². The SMILES string of the molecule is Cc1c(CCCCCCCS(=O)(=O)C(C)(C)C)cccc1OCC1CC1. The molecule has 0 atom stereocenters. The number of ether oxygens (including phenoxy) is 1. The quantitative estimate of drug-likeness (QED) is 0.477. The van der Waals surface area contributed by atoms with Crippen LogP contribution in [-0.4, -0.2) is 25.5 Å². The van der Waals surface area contributed by atoms with Crippen molar-refractivity contribution >= 4 is 9.84 Å². The molecule has 1 saturated carbocycles. The summed E-state index contributed by atoms with van der Waals surface area (Å²) in [6.45, 7) is 8.38. The molecule has 0 aliphatic heterocycles. The Hall–Kier alpha value is -1.03. The average molecular weight is 381 g/mol. The van der Waals surface area contributed by atoms with Crippen LogP contribution in [0.25, 0.3) is 0 Å². The van der Waals surface area contributed by atoms with Gasteiger partial charge < -0.3 is 4.74 Å². The van der Waals surface area contributed by atoms with Crippen LogP contribution in [0.3, 0.4) is 0 Å². The number of sulfone groups is 1. The zero-order valence-electron chi connectivity index (χ0n) is 17.0. The summed E-state index contributed by atoms with van der Waals surface area (Å²) in [6, 6.07) is 6.38. The van der Waals surface area contributed by atoms with E-state index in [2.05, 4.69) is 25.1 Å². The second-order valence-electron chi connectivity index (χ2n) is 8.74. The number of unbranched alkanes of at least 4 members (excludes halogenated alkanes) is 4. The van der Waals surface area contributed by atoms with E-state index in [0.29, 0.717) is 5.75 Å². The Kier molecular flexibility index (Phi) is 7.57. The summed E-state index contributed by atoms with van der Waals surface area (Å²) < 4.78 is 29.5. The Labute approximate surface area is 160 Å². The Balaban J connectivity index is 1.64. The molecule has 3 nitrogen and oxygen atoms in total. The Morgan fingerprint density at radius 2 is 1.69 bits per heavy atom. The van der Waals surface area contributed by atoms with Gasteiger partial charge in [0, 0.05) is 0 Å². The van der Waals surface area contributed by atoms with Gasteiger partial charge in [-0.1, -0.05) is 31.4 Å². The molecule has 0 bridgehead atoms. The Morgan fingerprint density at radius 1 is 1.04 bits per heavy atom. The van der Waals surface area contributed by atoms with Gasteiger partial charge in [0.1, 0.15) is 5.75 Å². The molecule has 0 amide bonds. The molecule has 26 heavy (non-hydrogen) atoms. The van der Waals surface area contributed by atoms with Gasteiger partial charge in [0.25, 0.3) is 0 Å². The second kappa shape index (κ2) is 9.25. The lowest BCUT2D eigenvalue weighted by Gasteiger charge is -2.18. The number of benzene rings is 1. The average Bonchev–Trinajstić information content (AvgIpc) is 3.37. The van der Waals surface area contributed by atoms with Gasteiger partial charge in [-0.3, -0.25) is 0 Å². The first-order valence-electron chi connectivity index (χ1n) is 10.1. The number of hydrogen-bond donors (Lipinski definition) is 0. The van der Waals surface area contributed by atoms with Gasteiger partial charge in [-0.05, 0) is 82.9 Å². The first kappa shape index (κ1) is 21.3. The van der Waals surface area contributed by atoms with Crippen LogP contribution in [0.4, 0.5) is 0 Å². The smallest absolute Gasteiger partial charge is 0.155 e. The molecule has 0 unspecified atom stereocenters. The van der Waals surface area contributed by atoms with Gasteiger partial charge in [0.05, 0.1) is 17.1 Å². The van der Waals surface area contributed by atoms with Crippen molar-refractivity contribution in [3.05, 3.63) is 29.3 Å². The van der Waals surface area contributed by atoms with Gasteiger partial charge in [-0.2, -0.15) is 0 Å². The van der Waals surface area contributed by atoms with E-state index in [4.69, 9.17) is 4.74 Å². The van der Waals surface area contributed by atoms with E-state index >= 15 is 0 Å². The van der Waals surface area contributed by atoms with Crippen LogP contribution in [0.5, 0.6) is 5.75 Å². The van der Waals surface area contributed by atoms with E-state index in [1.165, 1.54) is 24.0 Å². The first-order chi connectivity index (χ1) is 12.2. The van der Waals surface area contributed by atoms with Crippen molar-refractivity contribution in [2.24, 2.45) is 5.92 Å². The molecule has 0 heterocycles. The van der Waals surface area contributed by atoms with Gasteiger partial charge in [-0.15, -0.1) is 0 Å². The summed E-state index contributed by atoms with van der Waals surface area (Å²) in [4.78, 5) is 0. The van der Waals surface area contributed by atoms with Gasteiger partial charge >= 0.3 is 0 Å². The van der Waals surface area contributed by atoms with E-state index in [0.717, 1.165) is 56.8 Å². The van der Waals surface area contributed by atoms with Crippen LogP contribution in [-0.2, 0) is 16.3 Å². The first-order valence-corrected chi connectivity index (χ1v) is 11.8. The maximum absolute atomic E-state index is 12.1. The van der Waals surface area contributed by atoms with Crippen molar-refractivity contribution < 1.29 is 13.2 Å². The standard InChI is InChI=1S/C22H36O3S/c1-18-20(12-10-13-21(18)25-17-19-14-15-19)11-8-6-5-7-9-16-26(23,24)22(2,3)4/h10,12-13,19H,5-9,11,14-17H2,1-4H3. The molecular formula is C22H36O3S. The highest BCUT2D eigenvalue weighted by atomic mass is 32.2. The molecule has 0 saturated heterocycles. The normalized spacial score (nSPS) is 15.2. The second-order valence-corrected chi connectivity index (χ2v) is 11.6. The summed E-state index contributed by atoms with van der Waals surface area (Å²) in [5.41, 5.74) is 2.66. The maximum Gasteiger partial charge on any atom is 0.155 e. The van der Waals surface area contributed by atoms with Crippen molar-refractivity contribution in [3.63, 3.8) is 0 Å². The topological polar surface area (TPSA) is 43.4 Å². The summed E-state index contributed by atoms with van der Waals surface area (Å²) >= 11 is 0. The minimum Gasteiger partial charge on any atom is -0.493 e. The Morgan fingerprint density at radius 3 is 2.35 bits per heavy atom. The molecule has 1 aliphatic carbocycles. The van der Waals surface area contributed by atoms with E-state index in [-0.39, 0.29) is 0 Å². The predicted molar refractivity (Wildman–Crippen MR) is 110 cm³/mol. The molecule has 0 radical (unpaired) electrons. The molecule has 148 valence electrons. The molecule has 0 N–H and O–H groups in total. The highest BCUT2D eigenvalue weighted by molar-refractivity contribution is 7.92. The number of hydrogen-bond acceptors (Lipinski definition) is 3. The van der Waals surface area contributed by atoms with Crippen LogP contribution in [0.1, 0.15) is 76.8 Å². The van der Waals surface area contributed by atoms with Crippen molar-refractivity contribution in [2.75, 3.05) is 12.4 Å². The molecule has 1 aromatic carbocycles. The number of aryl methyl sites for hydroxylation is 1. The van der Waals surface area contributed by atoms with Crippen molar-refractivity contribution in [1.29, 1.82) is 0 Å². The molecule has 0 aromatic heterocycles. The summed E-state index contributed by atoms with van der Waals surface area (Å²) in [7, 11) is -2.97. The highest BCUT2D eigenvalue weighted by Gasteiger charge is 2.27. The van der Waals surface area contributed by atoms with E-state index in [1.807, 2.05) is 0 Å². The lowest BCUT2D eigenvalue weighted by atomic mass is 10.0. The molecule has 1 fully saturated rings. The largest absolute Gasteiger partial charge is 0.493 e. The third kappa shape index (κ3) is 6.61. The van der Waals surface area contributed by atoms with Gasteiger partial charge in [0.15, 0.2) is 9.84 Å². The molecule has 0 spiro atoms. The van der Waals surface area contributed by atoms with E-state index in [1.54, 1.807) is 20.8 Å². The van der Waals surface area contributed by atoms with E-state index < -0.39 is 14.6 Å². The third-order valence-electron chi connectivity index (χ3n) is 5.36. The summed E-state index contributed by atoms with van der Waals surface area (Å²) in [6.07, 6.45) is 8.90. The van der Waals surface area contributed by atoms with Crippen LogP contribution >= 0.6 is 0 Å². The minimum absolute atomic E-state index is 0.315. The summed E-state index contributed by atoms with van der Waals surface area (Å²) in [5.74, 6) is 2.14. The molecule has 4 heteroatoms. The zero-order valence-corrected chi connectivity index (χ0v) is 17.8. The molecule has 1 aliphatic rings. The summed E-state index contributed by atoms with van der Waals surface area (Å²) in [5, 5.41) is 0. The third-order valence-corrected chi connectivity index (χ3v) is 8.05. The van der Waals surface area contributed by atoms with Gasteiger partial charge in [-0.25, -0.2) is 8.42 Å². The minimum atomic E-state index is -2.97. The van der Waals surface area contributed by atoms with Crippen molar-refractivity contribution in [3.8, 4) is 5.75 Å². The lowest BCUT2D eigenvalue weighted by Crippen LogP contribution is -2.30. The van der Waals surface area contributed by atoms with Crippen LogP contribution in [0.2, 0.25) is 0 Å². The Bertz CT molecular complexity index is 667. The van der Waals surface area contributed by atoms with Crippen molar-refractivity contribution in [2.45, 2.75) is 83.8 Å². The predicted octanol–water partition coefficient (Wildman–Crippen LogP) is 5.49. The van der Waals surface area contributed by atoms with Crippen LogP contribution in [0.15, 0.2) is 18.2 Å². The fraction of sp³-hybridized carbons (Fsp3) is 0.727. The van der Waals surface area contributed by atoms with Gasteiger partial charge in [0.2, 0.25) is 0 Å². The molecule has 2 rings (SSSR count). The maximum atomic E-state index is 12.1. The fourth-order valence-corrected chi connectivity index (χ4v) is 4.22. The molecule has 1 aromatic rings.